The minimum atomic E-state index is -0.448. The molecule has 0 bridgehead atoms. The summed E-state index contributed by atoms with van der Waals surface area (Å²) in [4.78, 5) is 24.5. The molecular formula is C17H19N5O3. The van der Waals surface area contributed by atoms with E-state index in [1.54, 1.807) is 18.3 Å². The van der Waals surface area contributed by atoms with Crippen LogP contribution in [-0.2, 0) is 24.1 Å². The molecule has 1 aliphatic carbocycles. The number of aromatic amines is 1. The number of hydrogen-bond acceptors (Lipinski definition) is 5. The maximum absolute atomic E-state index is 12.3. The summed E-state index contributed by atoms with van der Waals surface area (Å²) in [6.07, 6.45) is 6.76. The van der Waals surface area contributed by atoms with Gasteiger partial charge in [0.25, 0.3) is 0 Å². The fraction of sp³-hybridized carbons (Fsp3) is 0.412. The number of carbonyl (C=O) groups excluding carboxylic acids is 1. The smallest absolute Gasteiger partial charge is 0.359 e. The second kappa shape index (κ2) is 6.54. The van der Waals surface area contributed by atoms with Crippen LogP contribution in [0, 0.1) is 0 Å². The summed E-state index contributed by atoms with van der Waals surface area (Å²) in [6, 6.07) is 5.34. The monoisotopic (exact) mass is 341 g/mol. The van der Waals surface area contributed by atoms with E-state index in [1.165, 1.54) is 9.08 Å². The summed E-state index contributed by atoms with van der Waals surface area (Å²) in [5.74, 6) is -0.448. The zero-order valence-electron chi connectivity index (χ0n) is 13.8. The number of hydrogen-bond donors (Lipinski definition) is 1. The van der Waals surface area contributed by atoms with Gasteiger partial charge in [-0.3, -0.25) is 9.50 Å². The SMILES string of the molecule is O=C(OCCn1nc2ccccn2c1=O)c1n[nH]c2c1CCCCC2. The molecule has 25 heavy (non-hydrogen) atoms. The van der Waals surface area contributed by atoms with Crippen LogP contribution < -0.4 is 5.69 Å². The third-order valence-electron chi connectivity index (χ3n) is 4.52. The van der Waals surface area contributed by atoms with Crippen molar-refractivity contribution in [1.82, 2.24) is 24.4 Å². The Morgan fingerprint density at radius 2 is 2.12 bits per heavy atom. The predicted octanol–water partition coefficient (Wildman–Crippen LogP) is 1.34. The van der Waals surface area contributed by atoms with E-state index in [4.69, 9.17) is 4.74 Å². The number of aryl methyl sites for hydroxylation is 1. The standard InChI is InChI=1S/C17H19N5O3/c23-16(15-12-6-2-1-3-7-13(12)18-19-15)25-11-10-22-17(24)21-9-5-4-8-14(21)20-22/h4-5,8-9H,1-3,6-7,10-11H2,(H,18,19). The van der Waals surface area contributed by atoms with Gasteiger partial charge in [0.05, 0.1) is 6.54 Å². The van der Waals surface area contributed by atoms with Crippen LogP contribution in [0.3, 0.4) is 0 Å². The third-order valence-corrected chi connectivity index (χ3v) is 4.52. The number of nitrogens with one attached hydrogen (secondary N) is 1. The van der Waals surface area contributed by atoms with Gasteiger partial charge in [-0.2, -0.15) is 5.10 Å². The highest BCUT2D eigenvalue weighted by atomic mass is 16.5. The Kier molecular flexibility index (Phi) is 4.09. The van der Waals surface area contributed by atoms with Gasteiger partial charge >= 0.3 is 11.7 Å². The summed E-state index contributed by atoms with van der Waals surface area (Å²) in [7, 11) is 0. The highest BCUT2D eigenvalue weighted by Gasteiger charge is 2.22. The van der Waals surface area contributed by atoms with Gasteiger partial charge in [-0.05, 0) is 37.8 Å². The Labute approximate surface area is 143 Å². The van der Waals surface area contributed by atoms with Gasteiger partial charge in [0.1, 0.15) is 6.61 Å². The molecule has 3 aromatic rings. The van der Waals surface area contributed by atoms with Crippen molar-refractivity contribution < 1.29 is 9.53 Å². The topological polar surface area (TPSA) is 94.3 Å². The van der Waals surface area contributed by atoms with Crippen molar-refractivity contribution in [2.24, 2.45) is 0 Å². The van der Waals surface area contributed by atoms with Crippen LogP contribution in [0.4, 0.5) is 0 Å². The van der Waals surface area contributed by atoms with Crippen LogP contribution in [0.2, 0.25) is 0 Å². The third kappa shape index (κ3) is 2.95. The first-order chi connectivity index (χ1) is 12.2. The first-order valence-corrected chi connectivity index (χ1v) is 8.51. The van der Waals surface area contributed by atoms with Crippen LogP contribution >= 0.6 is 0 Å². The molecule has 0 saturated heterocycles. The van der Waals surface area contributed by atoms with Crippen LogP contribution in [0.15, 0.2) is 29.2 Å². The van der Waals surface area contributed by atoms with Gasteiger partial charge < -0.3 is 4.74 Å². The van der Waals surface area contributed by atoms with Crippen molar-refractivity contribution in [3.05, 3.63) is 51.8 Å². The maximum atomic E-state index is 12.3. The molecule has 3 aromatic heterocycles. The van der Waals surface area contributed by atoms with Crippen LogP contribution in [0.1, 0.15) is 41.0 Å². The molecule has 1 aliphatic rings. The first kappa shape index (κ1) is 15.6. The minimum absolute atomic E-state index is 0.0737. The van der Waals surface area contributed by atoms with E-state index in [0.717, 1.165) is 43.4 Å². The molecule has 0 aromatic carbocycles. The minimum Gasteiger partial charge on any atom is -0.459 e. The van der Waals surface area contributed by atoms with Gasteiger partial charge in [-0.25, -0.2) is 14.3 Å². The highest BCUT2D eigenvalue weighted by Crippen LogP contribution is 2.22. The summed E-state index contributed by atoms with van der Waals surface area (Å²) < 4.78 is 8.07. The number of esters is 1. The zero-order chi connectivity index (χ0) is 17.2. The van der Waals surface area contributed by atoms with Gasteiger partial charge in [-0.1, -0.05) is 12.5 Å². The van der Waals surface area contributed by atoms with Crippen molar-refractivity contribution in [1.29, 1.82) is 0 Å². The molecule has 3 heterocycles. The second-order valence-electron chi connectivity index (χ2n) is 6.16. The lowest BCUT2D eigenvalue weighted by atomic mass is 10.1. The van der Waals surface area contributed by atoms with Crippen molar-refractivity contribution >= 4 is 11.6 Å². The Morgan fingerprint density at radius 3 is 3.00 bits per heavy atom. The molecule has 0 saturated carbocycles. The van der Waals surface area contributed by atoms with E-state index < -0.39 is 5.97 Å². The lowest BCUT2D eigenvalue weighted by Crippen LogP contribution is -2.24. The second-order valence-corrected chi connectivity index (χ2v) is 6.16. The number of pyridine rings is 1. The van der Waals surface area contributed by atoms with Crippen molar-refractivity contribution in [2.45, 2.75) is 38.6 Å². The van der Waals surface area contributed by atoms with Gasteiger partial charge in [0.15, 0.2) is 11.3 Å². The van der Waals surface area contributed by atoms with E-state index in [1.807, 2.05) is 6.07 Å². The highest BCUT2D eigenvalue weighted by molar-refractivity contribution is 5.89. The molecule has 0 unspecified atom stereocenters. The van der Waals surface area contributed by atoms with Crippen LogP contribution in [-0.4, -0.2) is 37.0 Å². The fourth-order valence-electron chi connectivity index (χ4n) is 3.23. The fourth-order valence-corrected chi connectivity index (χ4v) is 3.23. The van der Waals surface area contributed by atoms with E-state index in [0.29, 0.717) is 11.3 Å². The molecule has 4 rings (SSSR count). The molecule has 0 atom stereocenters. The average Bonchev–Trinajstić information content (AvgIpc) is 3.08. The predicted molar refractivity (Wildman–Crippen MR) is 89.6 cm³/mol. The van der Waals surface area contributed by atoms with Crippen LogP contribution in [0.5, 0.6) is 0 Å². The van der Waals surface area contributed by atoms with E-state index in [-0.39, 0.29) is 18.8 Å². The molecular weight excluding hydrogens is 322 g/mol. The molecule has 0 spiro atoms. The van der Waals surface area contributed by atoms with Gasteiger partial charge in [0, 0.05) is 17.5 Å². The molecule has 0 radical (unpaired) electrons. The quantitative estimate of drug-likeness (QED) is 0.571. The number of nitrogens with zero attached hydrogens (tertiary/aromatic N) is 4. The average molecular weight is 341 g/mol. The van der Waals surface area contributed by atoms with Gasteiger partial charge in [0.2, 0.25) is 0 Å². The van der Waals surface area contributed by atoms with Crippen molar-refractivity contribution in [3.63, 3.8) is 0 Å². The Bertz CT molecular complexity index is 968. The molecule has 8 heteroatoms. The maximum Gasteiger partial charge on any atom is 0.359 e. The van der Waals surface area contributed by atoms with E-state index >= 15 is 0 Å². The van der Waals surface area contributed by atoms with E-state index in [2.05, 4.69) is 15.3 Å². The number of fused-ring (bicyclic) bond motifs is 2. The van der Waals surface area contributed by atoms with Crippen LogP contribution in [0.25, 0.3) is 5.65 Å². The lowest BCUT2D eigenvalue weighted by molar-refractivity contribution is 0.0478. The molecule has 8 nitrogen and oxygen atoms in total. The lowest BCUT2D eigenvalue weighted by Gasteiger charge is -2.04. The molecule has 0 amide bonds. The molecule has 130 valence electrons. The van der Waals surface area contributed by atoms with Gasteiger partial charge in [-0.15, -0.1) is 5.10 Å². The summed E-state index contributed by atoms with van der Waals surface area (Å²) >= 11 is 0. The zero-order valence-corrected chi connectivity index (χ0v) is 13.8. The first-order valence-electron chi connectivity index (χ1n) is 8.51. The molecule has 0 aliphatic heterocycles. The summed E-state index contributed by atoms with van der Waals surface area (Å²) in [6.45, 7) is 0.281. The number of carbonyl (C=O) groups is 1. The number of ether oxygens (including phenoxy) is 1. The largest absolute Gasteiger partial charge is 0.459 e. The normalized spacial score (nSPS) is 14.2. The Hall–Kier alpha value is -2.90. The number of aromatic nitrogens is 5. The Balaban J connectivity index is 1.43. The van der Waals surface area contributed by atoms with Crippen molar-refractivity contribution in [3.8, 4) is 0 Å². The molecule has 1 N–H and O–H groups in total. The number of H-pyrrole nitrogens is 1. The Morgan fingerprint density at radius 1 is 1.24 bits per heavy atom. The van der Waals surface area contributed by atoms with E-state index in [9.17, 15) is 9.59 Å². The summed E-state index contributed by atoms with van der Waals surface area (Å²) in [5.41, 5.74) is 2.71. The molecule has 0 fully saturated rings. The number of rotatable bonds is 4. The van der Waals surface area contributed by atoms with Crippen molar-refractivity contribution in [2.75, 3.05) is 6.61 Å². The summed E-state index contributed by atoms with van der Waals surface area (Å²) in [5, 5.41) is 11.3.